The molecule has 0 radical (unpaired) electrons. The lowest BCUT2D eigenvalue weighted by molar-refractivity contribution is -0.145. The van der Waals surface area contributed by atoms with Crippen molar-refractivity contribution in [2.24, 2.45) is 0 Å². The van der Waals surface area contributed by atoms with Crippen LogP contribution in [0.25, 0.3) is 0 Å². The molecule has 0 aromatic heterocycles. The van der Waals surface area contributed by atoms with E-state index >= 15 is 0 Å². The predicted molar refractivity (Wildman–Crippen MR) is 109 cm³/mol. The number of aliphatic carboxylic acids is 1. The molecule has 152 valence electrons. The summed E-state index contributed by atoms with van der Waals surface area (Å²) in [6, 6.07) is 13.7. The Hall–Kier alpha value is -3.35. The molecule has 1 atom stereocenters. The lowest BCUT2D eigenvalue weighted by Gasteiger charge is -2.25. The Morgan fingerprint density at radius 1 is 1.21 bits per heavy atom. The largest absolute Gasteiger partial charge is 0.494 e. The zero-order valence-electron chi connectivity index (χ0n) is 16.5. The molecule has 0 saturated carbocycles. The number of amides is 2. The normalized spacial score (nSPS) is 15.7. The molecule has 1 fully saturated rings. The molecule has 0 spiro atoms. The van der Waals surface area contributed by atoms with E-state index in [0.717, 1.165) is 6.42 Å². The summed E-state index contributed by atoms with van der Waals surface area (Å²) >= 11 is 0. The highest BCUT2D eigenvalue weighted by Crippen LogP contribution is 2.34. The van der Waals surface area contributed by atoms with Gasteiger partial charge in [0.15, 0.2) is 0 Å². The number of hydrogen-bond acceptors (Lipinski definition) is 4. The summed E-state index contributed by atoms with van der Waals surface area (Å²) in [4.78, 5) is 38.2. The average molecular weight is 396 g/mol. The van der Waals surface area contributed by atoms with Gasteiger partial charge in [0.25, 0.3) is 0 Å². The van der Waals surface area contributed by atoms with Crippen molar-refractivity contribution in [3.05, 3.63) is 54.1 Å². The average Bonchev–Trinajstić information content (AvgIpc) is 3.13. The maximum atomic E-state index is 12.6. The fourth-order valence-corrected chi connectivity index (χ4v) is 3.51. The number of nitrogens with zero attached hydrogens (tertiary/aromatic N) is 1. The summed E-state index contributed by atoms with van der Waals surface area (Å²) in [5.41, 5.74) is 0.344. The molecular weight excluding hydrogens is 372 g/mol. The number of hydrogen-bond donors (Lipinski definition) is 2. The Morgan fingerprint density at radius 2 is 1.93 bits per heavy atom. The minimum atomic E-state index is -1.35. The summed E-state index contributed by atoms with van der Waals surface area (Å²) in [6.45, 7) is 2.17. The van der Waals surface area contributed by atoms with Crippen LogP contribution < -0.4 is 15.0 Å². The number of carbonyl (C=O) groups is 3. The maximum Gasteiger partial charge on any atom is 0.314 e. The van der Waals surface area contributed by atoms with Crippen molar-refractivity contribution >= 4 is 29.2 Å². The second-order valence-corrected chi connectivity index (χ2v) is 7.26. The Morgan fingerprint density at radius 3 is 2.52 bits per heavy atom. The smallest absolute Gasteiger partial charge is 0.314 e. The second-order valence-electron chi connectivity index (χ2n) is 7.26. The molecule has 1 heterocycles. The van der Waals surface area contributed by atoms with Gasteiger partial charge in [-0.1, -0.05) is 30.3 Å². The molecule has 3 rings (SSSR count). The molecule has 7 nitrogen and oxygen atoms in total. The molecule has 1 saturated heterocycles. The van der Waals surface area contributed by atoms with Gasteiger partial charge < -0.3 is 20.1 Å². The van der Waals surface area contributed by atoms with Crippen molar-refractivity contribution in [3.8, 4) is 5.75 Å². The zero-order valence-corrected chi connectivity index (χ0v) is 16.5. The Bertz CT molecular complexity index is 928. The number of carboxylic acid groups (broad SMARTS) is 1. The van der Waals surface area contributed by atoms with Crippen LogP contribution in [0.4, 0.5) is 11.4 Å². The van der Waals surface area contributed by atoms with Crippen LogP contribution in [0.3, 0.4) is 0 Å². The van der Waals surface area contributed by atoms with Gasteiger partial charge in [0.1, 0.15) is 5.75 Å². The first-order valence-corrected chi connectivity index (χ1v) is 9.42. The van der Waals surface area contributed by atoms with Crippen LogP contribution in [-0.2, 0) is 19.8 Å². The molecule has 2 N–H and O–H groups in total. The highest BCUT2D eigenvalue weighted by atomic mass is 16.5. The quantitative estimate of drug-likeness (QED) is 0.749. The standard InChI is InChI=1S/C22H24N2O5/c1-22(21(27)28,15-7-4-3-5-8-15)14-19(25)23-16-10-11-17(18(13-16)29-2)24-12-6-9-20(24)26/h3-5,7-8,10-11,13H,6,9,12,14H2,1-2H3,(H,23,25)(H,27,28)/t22-/m0/s1. The van der Waals surface area contributed by atoms with E-state index in [1.807, 2.05) is 0 Å². The summed E-state index contributed by atoms with van der Waals surface area (Å²) in [5, 5.41) is 12.5. The molecule has 7 heteroatoms. The Kier molecular flexibility index (Phi) is 5.87. The minimum Gasteiger partial charge on any atom is -0.494 e. The van der Waals surface area contributed by atoms with Gasteiger partial charge >= 0.3 is 5.97 Å². The summed E-state index contributed by atoms with van der Waals surface area (Å²) < 4.78 is 5.40. The first kappa shape index (κ1) is 20.4. The number of anilines is 2. The van der Waals surface area contributed by atoms with Crippen LogP contribution in [-0.4, -0.2) is 36.5 Å². The van der Waals surface area contributed by atoms with E-state index in [-0.39, 0.29) is 12.3 Å². The molecule has 1 aliphatic heterocycles. The molecule has 29 heavy (non-hydrogen) atoms. The van der Waals surface area contributed by atoms with Gasteiger partial charge in [0, 0.05) is 31.1 Å². The molecular formula is C22H24N2O5. The van der Waals surface area contributed by atoms with Gasteiger partial charge in [-0.15, -0.1) is 0 Å². The van der Waals surface area contributed by atoms with Crippen LogP contribution in [0.1, 0.15) is 31.7 Å². The lowest BCUT2D eigenvalue weighted by atomic mass is 9.79. The highest BCUT2D eigenvalue weighted by Gasteiger charge is 2.37. The third kappa shape index (κ3) is 4.23. The van der Waals surface area contributed by atoms with Gasteiger partial charge in [-0.05, 0) is 31.0 Å². The van der Waals surface area contributed by atoms with Crippen molar-refractivity contribution in [2.45, 2.75) is 31.6 Å². The predicted octanol–water partition coefficient (Wildman–Crippen LogP) is 3.19. The fourth-order valence-electron chi connectivity index (χ4n) is 3.51. The van der Waals surface area contributed by atoms with Crippen LogP contribution in [0.15, 0.2) is 48.5 Å². The first-order chi connectivity index (χ1) is 13.8. The zero-order chi connectivity index (χ0) is 21.0. The van der Waals surface area contributed by atoms with Gasteiger partial charge in [-0.2, -0.15) is 0 Å². The van der Waals surface area contributed by atoms with E-state index in [0.29, 0.717) is 35.7 Å². The van der Waals surface area contributed by atoms with E-state index in [1.165, 1.54) is 14.0 Å². The van der Waals surface area contributed by atoms with Crippen molar-refractivity contribution in [2.75, 3.05) is 23.9 Å². The number of carbonyl (C=O) groups excluding carboxylic acids is 2. The topological polar surface area (TPSA) is 95.9 Å². The molecule has 2 aromatic carbocycles. The van der Waals surface area contributed by atoms with E-state index in [9.17, 15) is 19.5 Å². The van der Waals surface area contributed by atoms with E-state index < -0.39 is 17.3 Å². The van der Waals surface area contributed by atoms with E-state index in [1.54, 1.807) is 53.4 Å². The number of nitrogens with one attached hydrogen (secondary N) is 1. The molecule has 0 bridgehead atoms. The second kappa shape index (κ2) is 8.34. The monoisotopic (exact) mass is 396 g/mol. The van der Waals surface area contributed by atoms with Crippen molar-refractivity contribution in [1.29, 1.82) is 0 Å². The summed E-state index contributed by atoms with van der Waals surface area (Å²) in [6.07, 6.45) is 1.09. The molecule has 2 aromatic rings. The van der Waals surface area contributed by atoms with Crippen LogP contribution >= 0.6 is 0 Å². The molecule has 2 amide bonds. The Balaban J connectivity index is 1.78. The SMILES string of the molecule is COc1cc(NC(=O)C[C@](C)(C(=O)O)c2ccccc2)ccc1N1CCCC1=O. The number of ether oxygens (including phenoxy) is 1. The number of carboxylic acids is 1. The summed E-state index contributed by atoms with van der Waals surface area (Å²) in [7, 11) is 1.50. The third-order valence-electron chi connectivity index (χ3n) is 5.22. The number of rotatable bonds is 7. The molecule has 0 unspecified atom stereocenters. The van der Waals surface area contributed by atoms with Gasteiger partial charge in [0.2, 0.25) is 11.8 Å². The summed E-state index contributed by atoms with van der Waals surface area (Å²) in [5.74, 6) is -0.979. The maximum absolute atomic E-state index is 12.6. The van der Waals surface area contributed by atoms with E-state index in [2.05, 4.69) is 5.32 Å². The van der Waals surface area contributed by atoms with Crippen molar-refractivity contribution < 1.29 is 24.2 Å². The highest BCUT2D eigenvalue weighted by molar-refractivity contribution is 5.99. The number of methoxy groups -OCH3 is 1. The van der Waals surface area contributed by atoms with Gasteiger partial charge in [-0.3, -0.25) is 14.4 Å². The van der Waals surface area contributed by atoms with Crippen molar-refractivity contribution in [3.63, 3.8) is 0 Å². The van der Waals surface area contributed by atoms with Crippen LogP contribution in [0.2, 0.25) is 0 Å². The lowest BCUT2D eigenvalue weighted by Crippen LogP contribution is -2.36. The van der Waals surface area contributed by atoms with Crippen LogP contribution in [0, 0.1) is 0 Å². The van der Waals surface area contributed by atoms with Crippen LogP contribution in [0.5, 0.6) is 5.75 Å². The fraction of sp³-hybridized carbons (Fsp3) is 0.318. The minimum absolute atomic E-state index is 0.0418. The van der Waals surface area contributed by atoms with Crippen molar-refractivity contribution in [1.82, 2.24) is 0 Å². The Labute approximate surface area is 169 Å². The van der Waals surface area contributed by atoms with Gasteiger partial charge in [0.05, 0.1) is 18.2 Å². The third-order valence-corrected chi connectivity index (χ3v) is 5.22. The first-order valence-electron chi connectivity index (χ1n) is 9.42. The van der Waals surface area contributed by atoms with E-state index in [4.69, 9.17) is 4.74 Å². The molecule has 1 aliphatic rings. The molecule has 0 aliphatic carbocycles. The van der Waals surface area contributed by atoms with Gasteiger partial charge in [-0.25, -0.2) is 0 Å². The number of benzene rings is 2.